The molecule has 16 heteroatoms. The van der Waals surface area contributed by atoms with E-state index in [4.69, 9.17) is 20.6 Å². The predicted molar refractivity (Wildman–Crippen MR) is 187 cm³/mol. The Morgan fingerprint density at radius 2 is 1.58 bits per heavy atom. The minimum Gasteiger partial charge on any atom is -0.475 e. The molecule has 3 rings (SSSR count). The Morgan fingerprint density at radius 3 is 2.11 bits per heavy atom. The molecule has 0 fully saturated rings. The van der Waals surface area contributed by atoms with Crippen LogP contribution in [0.15, 0.2) is 54.7 Å². The van der Waals surface area contributed by atoms with Crippen molar-refractivity contribution in [3.05, 3.63) is 77.8 Å². The van der Waals surface area contributed by atoms with Gasteiger partial charge in [0, 0.05) is 31.3 Å². The monoisotopic (exact) mass is 753 g/mol. The lowest BCUT2D eigenvalue weighted by molar-refractivity contribution is -0.192. The zero-order chi connectivity index (χ0) is 40.3. The van der Waals surface area contributed by atoms with E-state index in [1.54, 1.807) is 18.0 Å². The number of aliphatic hydroxyl groups excluding tert-OH is 1. The maximum Gasteiger partial charge on any atom is 0.490 e. The molecule has 0 radical (unpaired) electrons. The highest BCUT2D eigenvalue weighted by atomic mass is 19.4. The van der Waals surface area contributed by atoms with Gasteiger partial charge in [0.2, 0.25) is 11.8 Å². The number of carbonyl (C=O) groups excluding carboxylic acids is 3. The lowest BCUT2D eigenvalue weighted by Crippen LogP contribution is -2.49. The predicted octanol–water partition coefficient (Wildman–Crippen LogP) is 5.65. The fourth-order valence-electron chi connectivity index (χ4n) is 5.35. The van der Waals surface area contributed by atoms with Gasteiger partial charge < -0.3 is 30.7 Å². The number of nitrogens with two attached hydrogens (primary N) is 1. The van der Waals surface area contributed by atoms with Crippen molar-refractivity contribution < 1.29 is 51.3 Å². The van der Waals surface area contributed by atoms with E-state index in [0.29, 0.717) is 25.2 Å². The zero-order valence-electron chi connectivity index (χ0n) is 30.6. The number of hydrogen-bond donors (Lipinski definition) is 4. The molecule has 5 N–H and O–H groups in total. The van der Waals surface area contributed by atoms with E-state index in [-0.39, 0.29) is 41.8 Å². The van der Waals surface area contributed by atoms with Crippen LogP contribution >= 0.6 is 0 Å². The number of nitrogens with one attached hydrogen (secondary N) is 1. The number of imidazole rings is 1. The number of rotatable bonds is 15. The summed E-state index contributed by atoms with van der Waals surface area (Å²) in [7, 11) is 0. The molecule has 0 spiro atoms. The summed E-state index contributed by atoms with van der Waals surface area (Å²) in [6.07, 6.45) is -2.40. The van der Waals surface area contributed by atoms with Crippen molar-refractivity contribution >= 4 is 23.6 Å². The second-order valence-electron chi connectivity index (χ2n) is 14.0. The molecular formula is C37H48F5N5O6. The van der Waals surface area contributed by atoms with Gasteiger partial charge in [0.25, 0.3) is 0 Å². The molecule has 0 saturated carbocycles. The Bertz CT molecular complexity index is 1690. The maximum absolute atomic E-state index is 14.9. The van der Waals surface area contributed by atoms with Gasteiger partial charge in [0.1, 0.15) is 24.1 Å². The number of benzene rings is 2. The first-order chi connectivity index (χ1) is 24.6. The number of Topliss-reactive ketones (excluding diaryl/α,β-unsaturated/α-hetero) is 1. The van der Waals surface area contributed by atoms with Crippen LogP contribution in [-0.2, 0) is 25.7 Å². The minimum atomic E-state index is -5.08. The molecule has 1 aromatic heterocycles. The Kier molecular flexibility index (Phi) is 16.3. The van der Waals surface area contributed by atoms with Crippen LogP contribution < -0.4 is 11.1 Å². The number of ketones is 1. The first-order valence-corrected chi connectivity index (χ1v) is 16.9. The van der Waals surface area contributed by atoms with E-state index in [2.05, 4.69) is 5.32 Å². The van der Waals surface area contributed by atoms with E-state index < -0.39 is 59.8 Å². The Balaban J connectivity index is 0.00000126. The first-order valence-electron chi connectivity index (χ1n) is 16.9. The Hall–Kier alpha value is -4.70. The van der Waals surface area contributed by atoms with Crippen molar-refractivity contribution in [1.82, 2.24) is 19.8 Å². The van der Waals surface area contributed by atoms with Crippen LogP contribution in [0.1, 0.15) is 78.2 Å². The van der Waals surface area contributed by atoms with Crippen LogP contribution in [-0.4, -0.2) is 79.6 Å². The van der Waals surface area contributed by atoms with Gasteiger partial charge in [-0.2, -0.15) is 13.2 Å². The van der Waals surface area contributed by atoms with Crippen LogP contribution in [0.4, 0.5) is 22.0 Å². The number of aliphatic hydroxyl groups is 1. The number of hydrogen-bond acceptors (Lipinski definition) is 7. The largest absolute Gasteiger partial charge is 0.490 e. The summed E-state index contributed by atoms with van der Waals surface area (Å²) in [5.41, 5.74) is 6.44. The molecule has 0 aliphatic rings. The van der Waals surface area contributed by atoms with Gasteiger partial charge in [-0.05, 0) is 54.9 Å². The van der Waals surface area contributed by atoms with Crippen molar-refractivity contribution in [2.24, 2.45) is 17.1 Å². The molecule has 0 bridgehead atoms. The molecule has 0 unspecified atom stereocenters. The van der Waals surface area contributed by atoms with E-state index in [1.807, 2.05) is 69.5 Å². The standard InChI is InChI=1S/C35H47F2N5O4.C2HF3O2/c1-22(2)31(38)34(46)39-23(3)29(44)14-10-11-17-42(30(45)21-43)32(35(4,5)6)33-40-28(26-18-25(36)15-16-27(26)37)20-41(33)19-24-12-8-7-9-13-24;3-2(4,5)1(6)7/h7-9,12-13,15-16,18,20,22-23,31-32,43H,10-11,14,17,19,21,38H2,1-6H3,(H,39,46);(H,6,7)/t23-,31-,32-;/m0./s1. The minimum absolute atomic E-state index is 0.00479. The van der Waals surface area contributed by atoms with Crippen molar-refractivity contribution in [3.63, 3.8) is 0 Å². The SMILES string of the molecule is CC(C)[C@H](N)C(=O)N[C@@H](C)C(=O)CCCCN(C(=O)CO)[C@@H](c1nc(-c2cc(F)ccc2F)cn1Cc1ccccc1)C(C)(C)C.O=C(O)C(F)(F)F. The zero-order valence-corrected chi connectivity index (χ0v) is 30.6. The van der Waals surface area contributed by atoms with Gasteiger partial charge in [-0.1, -0.05) is 65.0 Å². The number of alkyl halides is 3. The fourth-order valence-corrected chi connectivity index (χ4v) is 5.35. The number of amides is 2. The quantitative estimate of drug-likeness (QED) is 0.114. The number of carboxylic acids is 1. The normalized spacial score (nSPS) is 13.4. The molecule has 2 aromatic carbocycles. The molecule has 3 aromatic rings. The van der Waals surface area contributed by atoms with Crippen molar-refractivity contribution in [3.8, 4) is 11.3 Å². The third-order valence-corrected chi connectivity index (χ3v) is 8.22. The highest BCUT2D eigenvalue weighted by Gasteiger charge is 2.39. The molecule has 53 heavy (non-hydrogen) atoms. The van der Waals surface area contributed by atoms with Crippen LogP contribution in [0.25, 0.3) is 11.3 Å². The summed E-state index contributed by atoms with van der Waals surface area (Å²) in [5, 5.41) is 19.8. The Morgan fingerprint density at radius 1 is 0.981 bits per heavy atom. The molecule has 0 saturated heterocycles. The number of aromatic nitrogens is 2. The summed E-state index contributed by atoms with van der Waals surface area (Å²) >= 11 is 0. The van der Waals surface area contributed by atoms with Crippen LogP contribution in [0.5, 0.6) is 0 Å². The summed E-state index contributed by atoms with van der Waals surface area (Å²) in [5.74, 6) is -4.68. The summed E-state index contributed by atoms with van der Waals surface area (Å²) in [6.45, 7) is 10.9. The van der Waals surface area contributed by atoms with Gasteiger partial charge in [-0.25, -0.2) is 18.6 Å². The van der Waals surface area contributed by atoms with E-state index in [0.717, 1.165) is 23.8 Å². The third kappa shape index (κ3) is 13.3. The summed E-state index contributed by atoms with van der Waals surface area (Å²) in [4.78, 5) is 53.6. The Labute approximate surface area is 305 Å². The van der Waals surface area contributed by atoms with Gasteiger partial charge in [-0.15, -0.1) is 0 Å². The molecule has 292 valence electrons. The van der Waals surface area contributed by atoms with Gasteiger partial charge in [0.15, 0.2) is 5.78 Å². The average molecular weight is 754 g/mol. The smallest absolute Gasteiger partial charge is 0.475 e. The number of carboxylic acid groups (broad SMARTS) is 1. The number of halogens is 5. The van der Waals surface area contributed by atoms with Gasteiger partial charge in [-0.3, -0.25) is 14.4 Å². The molecule has 3 atom stereocenters. The third-order valence-electron chi connectivity index (χ3n) is 8.22. The lowest BCUT2D eigenvalue weighted by atomic mass is 9.84. The summed E-state index contributed by atoms with van der Waals surface area (Å²) in [6, 6.07) is 10.7. The van der Waals surface area contributed by atoms with E-state index in [9.17, 15) is 41.4 Å². The maximum atomic E-state index is 14.9. The van der Waals surface area contributed by atoms with Crippen LogP contribution in [0.2, 0.25) is 0 Å². The molecule has 2 amide bonds. The first kappa shape index (κ1) is 44.5. The fraction of sp³-hybridized carbons (Fsp3) is 0.486. The van der Waals surface area contributed by atoms with Crippen LogP contribution in [0.3, 0.4) is 0 Å². The molecular weight excluding hydrogens is 705 g/mol. The van der Waals surface area contributed by atoms with Gasteiger partial charge in [0.05, 0.1) is 23.8 Å². The molecule has 0 aliphatic heterocycles. The molecule has 11 nitrogen and oxygen atoms in total. The van der Waals surface area contributed by atoms with Crippen molar-refractivity contribution in [2.45, 2.75) is 91.7 Å². The van der Waals surface area contributed by atoms with Crippen molar-refractivity contribution in [1.29, 1.82) is 0 Å². The van der Waals surface area contributed by atoms with E-state index >= 15 is 0 Å². The number of aliphatic carboxylic acids is 1. The summed E-state index contributed by atoms with van der Waals surface area (Å²) < 4.78 is 62.7. The average Bonchev–Trinajstić information content (AvgIpc) is 3.47. The lowest BCUT2D eigenvalue weighted by Gasteiger charge is -2.40. The van der Waals surface area contributed by atoms with E-state index in [1.165, 1.54) is 0 Å². The van der Waals surface area contributed by atoms with Crippen molar-refractivity contribution in [2.75, 3.05) is 13.2 Å². The topological polar surface area (TPSA) is 168 Å². The van der Waals surface area contributed by atoms with Gasteiger partial charge >= 0.3 is 12.1 Å². The number of nitrogens with zero attached hydrogens (tertiary/aromatic N) is 3. The highest BCUT2D eigenvalue weighted by Crippen LogP contribution is 2.39. The molecule has 1 heterocycles. The second kappa shape index (κ2) is 19.4. The highest BCUT2D eigenvalue weighted by molar-refractivity contribution is 5.90. The number of unbranched alkanes of at least 4 members (excludes halogenated alkanes) is 1. The number of carbonyl (C=O) groups is 4. The molecule has 0 aliphatic carbocycles. The second-order valence-corrected chi connectivity index (χ2v) is 14.0. The van der Waals surface area contributed by atoms with Crippen LogP contribution in [0, 0.1) is 23.0 Å².